The minimum absolute atomic E-state index is 0.0303. The van der Waals surface area contributed by atoms with E-state index in [0.29, 0.717) is 34.9 Å². The van der Waals surface area contributed by atoms with Crippen molar-refractivity contribution in [2.75, 3.05) is 18.6 Å². The zero-order valence-corrected chi connectivity index (χ0v) is 21.4. The first-order valence-corrected chi connectivity index (χ1v) is 12.4. The van der Waals surface area contributed by atoms with Gasteiger partial charge in [0.05, 0.1) is 30.4 Å². The van der Waals surface area contributed by atoms with Crippen LogP contribution in [0.3, 0.4) is 0 Å². The summed E-state index contributed by atoms with van der Waals surface area (Å²) < 4.78 is 10.9. The number of aromatic hydroxyl groups is 1. The summed E-state index contributed by atoms with van der Waals surface area (Å²) in [6.07, 6.45) is 3.12. The van der Waals surface area contributed by atoms with Gasteiger partial charge in [-0.05, 0) is 66.6 Å². The smallest absolute Gasteiger partial charge is 0.300 e. The molecular formula is C29H28ClNO6. The Hall–Kier alpha value is -3.97. The number of Topliss-reactive ketones (excluding diaryl/α,β-unsaturated/α-hetero) is 1. The van der Waals surface area contributed by atoms with Gasteiger partial charge in [-0.3, -0.25) is 14.5 Å². The second-order valence-electron chi connectivity index (χ2n) is 8.66. The summed E-state index contributed by atoms with van der Waals surface area (Å²) in [6, 6.07) is 16.7. The van der Waals surface area contributed by atoms with Crippen LogP contribution in [0.25, 0.3) is 5.76 Å². The summed E-state index contributed by atoms with van der Waals surface area (Å²) >= 11 is 6.32. The van der Waals surface area contributed by atoms with Gasteiger partial charge in [0.25, 0.3) is 11.7 Å². The number of ether oxygens (including phenoxy) is 2. The van der Waals surface area contributed by atoms with Crippen LogP contribution in [0.15, 0.2) is 72.3 Å². The minimum Gasteiger partial charge on any atom is -0.508 e. The highest BCUT2D eigenvalue weighted by molar-refractivity contribution is 6.51. The van der Waals surface area contributed by atoms with Crippen molar-refractivity contribution in [1.29, 1.82) is 0 Å². The SMILES string of the molecule is CCCCCOc1ccc(/C(O)=C2\C(=O)C(=O)N(c3ccc(OC)c(Cl)c3)C2c2ccc(O)cc2)cc1. The molecule has 1 saturated heterocycles. The van der Waals surface area contributed by atoms with Crippen LogP contribution < -0.4 is 14.4 Å². The number of aliphatic hydroxyl groups is 1. The number of carbonyl (C=O) groups is 2. The molecule has 0 spiro atoms. The molecule has 2 N–H and O–H groups in total. The number of anilines is 1. The molecule has 1 atom stereocenters. The molecule has 0 saturated carbocycles. The van der Waals surface area contributed by atoms with Gasteiger partial charge in [-0.1, -0.05) is 43.5 Å². The Bertz CT molecular complexity index is 1320. The first-order valence-electron chi connectivity index (χ1n) is 12.0. The fourth-order valence-corrected chi connectivity index (χ4v) is 4.53. The molecule has 1 aliphatic rings. The molecule has 1 unspecified atom stereocenters. The van der Waals surface area contributed by atoms with Crippen LogP contribution in [0.4, 0.5) is 5.69 Å². The molecule has 0 radical (unpaired) electrons. The van der Waals surface area contributed by atoms with E-state index in [0.717, 1.165) is 19.3 Å². The van der Waals surface area contributed by atoms with Crippen LogP contribution in [0.1, 0.15) is 43.4 Å². The summed E-state index contributed by atoms with van der Waals surface area (Å²) in [4.78, 5) is 27.9. The number of benzene rings is 3. The van der Waals surface area contributed by atoms with Crippen molar-refractivity contribution in [2.24, 2.45) is 0 Å². The second-order valence-corrected chi connectivity index (χ2v) is 9.07. The number of hydrogen-bond donors (Lipinski definition) is 2. The molecule has 1 heterocycles. The molecule has 4 rings (SSSR count). The monoisotopic (exact) mass is 521 g/mol. The number of phenols is 1. The summed E-state index contributed by atoms with van der Waals surface area (Å²) in [5.41, 5.74) is 1.19. The van der Waals surface area contributed by atoms with Crippen LogP contribution in [0.5, 0.6) is 17.2 Å². The number of rotatable bonds is 9. The second kappa shape index (κ2) is 11.4. The largest absolute Gasteiger partial charge is 0.508 e. The van der Waals surface area contributed by atoms with Crippen molar-refractivity contribution in [3.05, 3.63) is 88.5 Å². The normalized spacial score (nSPS) is 16.7. The lowest BCUT2D eigenvalue weighted by molar-refractivity contribution is -0.132. The molecule has 37 heavy (non-hydrogen) atoms. The highest BCUT2D eigenvalue weighted by atomic mass is 35.5. The molecule has 0 bridgehead atoms. The molecule has 7 nitrogen and oxygen atoms in total. The van der Waals surface area contributed by atoms with E-state index in [1.165, 1.54) is 30.2 Å². The molecule has 192 valence electrons. The third kappa shape index (κ3) is 5.42. The van der Waals surface area contributed by atoms with Gasteiger partial charge in [0.1, 0.15) is 23.0 Å². The average Bonchev–Trinajstić information content (AvgIpc) is 3.17. The Labute approximate surface area is 220 Å². The van der Waals surface area contributed by atoms with Gasteiger partial charge in [-0.15, -0.1) is 0 Å². The number of ketones is 1. The number of nitrogens with zero attached hydrogens (tertiary/aromatic N) is 1. The highest BCUT2D eigenvalue weighted by Crippen LogP contribution is 2.44. The predicted molar refractivity (Wildman–Crippen MR) is 142 cm³/mol. The van der Waals surface area contributed by atoms with E-state index in [-0.39, 0.29) is 22.1 Å². The van der Waals surface area contributed by atoms with Crippen LogP contribution in [-0.2, 0) is 9.59 Å². The van der Waals surface area contributed by atoms with E-state index < -0.39 is 17.7 Å². The number of carbonyl (C=O) groups excluding carboxylic acids is 2. The van der Waals surface area contributed by atoms with Crippen molar-refractivity contribution >= 4 is 34.7 Å². The van der Waals surface area contributed by atoms with Crippen LogP contribution >= 0.6 is 11.6 Å². The Morgan fingerprint density at radius 2 is 1.70 bits per heavy atom. The maximum Gasteiger partial charge on any atom is 0.300 e. The molecule has 8 heteroatoms. The Kier molecular flexibility index (Phi) is 8.04. The van der Waals surface area contributed by atoms with Crippen LogP contribution in [0.2, 0.25) is 5.02 Å². The van der Waals surface area contributed by atoms with Crippen LogP contribution in [0, 0.1) is 0 Å². The molecule has 0 aliphatic carbocycles. The standard InChI is InChI=1S/C29H28ClNO6/c1-3-4-5-16-37-22-13-8-19(9-14-22)27(33)25-26(18-6-11-21(32)12-7-18)31(29(35)28(25)34)20-10-15-24(36-2)23(30)17-20/h6-15,17,26,32-33H,3-5,16H2,1-2H3/b27-25+. The topological polar surface area (TPSA) is 96.3 Å². The number of phenolic OH excluding ortho intramolecular Hbond substituents is 1. The van der Waals surface area contributed by atoms with Crippen molar-refractivity contribution in [3.63, 3.8) is 0 Å². The summed E-state index contributed by atoms with van der Waals surface area (Å²) in [5.74, 6) is -0.853. The van der Waals surface area contributed by atoms with E-state index >= 15 is 0 Å². The molecule has 1 fully saturated rings. The van der Waals surface area contributed by atoms with E-state index in [1.54, 1.807) is 48.5 Å². The minimum atomic E-state index is -0.949. The number of amides is 1. The zero-order chi connectivity index (χ0) is 26.5. The van der Waals surface area contributed by atoms with Gasteiger partial charge in [0.2, 0.25) is 0 Å². The number of hydrogen-bond acceptors (Lipinski definition) is 6. The van der Waals surface area contributed by atoms with Gasteiger partial charge in [-0.2, -0.15) is 0 Å². The molecule has 1 aliphatic heterocycles. The van der Waals surface area contributed by atoms with Crippen LogP contribution in [-0.4, -0.2) is 35.6 Å². The van der Waals surface area contributed by atoms with Gasteiger partial charge < -0.3 is 19.7 Å². The lowest BCUT2D eigenvalue weighted by atomic mass is 9.95. The number of methoxy groups -OCH3 is 1. The van der Waals surface area contributed by atoms with Crippen molar-refractivity contribution in [1.82, 2.24) is 0 Å². The lowest BCUT2D eigenvalue weighted by Crippen LogP contribution is -2.29. The molecule has 3 aromatic carbocycles. The number of unbranched alkanes of at least 4 members (excludes halogenated alkanes) is 2. The van der Waals surface area contributed by atoms with Gasteiger partial charge in [-0.25, -0.2) is 0 Å². The predicted octanol–water partition coefficient (Wildman–Crippen LogP) is 6.25. The van der Waals surface area contributed by atoms with E-state index in [9.17, 15) is 19.8 Å². The van der Waals surface area contributed by atoms with Gasteiger partial charge in [0, 0.05) is 11.3 Å². The van der Waals surface area contributed by atoms with Crippen molar-refractivity contribution in [2.45, 2.75) is 32.2 Å². The average molecular weight is 522 g/mol. The molecular weight excluding hydrogens is 494 g/mol. The first-order chi connectivity index (χ1) is 17.8. The summed E-state index contributed by atoms with van der Waals surface area (Å²) in [6.45, 7) is 2.71. The first kappa shape index (κ1) is 26.1. The summed E-state index contributed by atoms with van der Waals surface area (Å²) in [7, 11) is 1.48. The Morgan fingerprint density at radius 3 is 2.32 bits per heavy atom. The molecule has 3 aromatic rings. The Balaban J connectivity index is 1.77. The zero-order valence-electron chi connectivity index (χ0n) is 20.6. The molecule has 0 aromatic heterocycles. The highest BCUT2D eigenvalue weighted by Gasteiger charge is 2.47. The quantitative estimate of drug-likeness (QED) is 0.149. The van der Waals surface area contributed by atoms with Crippen molar-refractivity contribution in [3.8, 4) is 17.2 Å². The van der Waals surface area contributed by atoms with E-state index in [2.05, 4.69) is 6.92 Å². The third-order valence-corrected chi connectivity index (χ3v) is 6.51. The maximum atomic E-state index is 13.3. The van der Waals surface area contributed by atoms with Crippen molar-refractivity contribution < 1.29 is 29.3 Å². The number of aliphatic hydroxyl groups excluding tert-OH is 1. The fraction of sp³-hybridized carbons (Fsp3) is 0.241. The van der Waals surface area contributed by atoms with E-state index in [1.807, 2.05) is 0 Å². The van der Waals surface area contributed by atoms with Gasteiger partial charge in [0.15, 0.2) is 0 Å². The summed E-state index contributed by atoms with van der Waals surface area (Å²) in [5, 5.41) is 21.3. The Morgan fingerprint density at radius 1 is 1.00 bits per heavy atom. The lowest BCUT2D eigenvalue weighted by Gasteiger charge is -2.26. The van der Waals surface area contributed by atoms with E-state index in [4.69, 9.17) is 21.1 Å². The fourth-order valence-electron chi connectivity index (χ4n) is 4.28. The van der Waals surface area contributed by atoms with Gasteiger partial charge >= 0.3 is 0 Å². The maximum absolute atomic E-state index is 13.3. The number of halogens is 1. The third-order valence-electron chi connectivity index (χ3n) is 6.21. The molecule has 1 amide bonds.